The van der Waals surface area contributed by atoms with E-state index in [0.29, 0.717) is 13.0 Å². The van der Waals surface area contributed by atoms with Gasteiger partial charge in [0.1, 0.15) is 17.7 Å². The molecule has 1 aromatic rings. The Morgan fingerprint density at radius 3 is 2.12 bits per heavy atom. The highest BCUT2D eigenvalue weighted by atomic mass is 16.6. The molecule has 9 nitrogen and oxygen atoms in total. The lowest BCUT2D eigenvalue weighted by Crippen LogP contribution is -2.55. The Kier molecular flexibility index (Phi) is 14.3. The van der Waals surface area contributed by atoms with E-state index in [1.165, 1.54) is 0 Å². The number of benzene rings is 1. The highest BCUT2D eigenvalue weighted by Gasteiger charge is 2.38. The fourth-order valence-corrected chi connectivity index (χ4v) is 4.58. The number of amides is 4. The fraction of sp³-hybridized carbons (Fsp3) is 0.688. The number of unbranched alkanes of at least 4 members (excludes halogenated alkanes) is 5. The van der Waals surface area contributed by atoms with Crippen molar-refractivity contribution >= 4 is 23.8 Å². The summed E-state index contributed by atoms with van der Waals surface area (Å²) < 4.78 is 5.42. The maximum Gasteiger partial charge on any atom is 0.408 e. The molecule has 1 aromatic carbocycles. The number of rotatable bonds is 15. The van der Waals surface area contributed by atoms with Gasteiger partial charge in [0, 0.05) is 18.5 Å². The fourth-order valence-electron chi connectivity index (χ4n) is 4.58. The molecule has 0 aliphatic rings. The molecule has 0 aromatic heterocycles. The van der Waals surface area contributed by atoms with E-state index in [4.69, 9.17) is 10.5 Å². The molecule has 0 saturated carbocycles. The lowest BCUT2D eigenvalue weighted by atomic mass is 9.93. The number of primary amides is 1. The van der Waals surface area contributed by atoms with Gasteiger partial charge in [-0.1, -0.05) is 57.2 Å². The second kappa shape index (κ2) is 16.4. The first-order valence-electron chi connectivity index (χ1n) is 14.9. The number of ether oxygens (including phenoxy) is 1. The van der Waals surface area contributed by atoms with Crippen LogP contribution in [-0.4, -0.2) is 52.4 Å². The van der Waals surface area contributed by atoms with E-state index in [-0.39, 0.29) is 18.7 Å². The van der Waals surface area contributed by atoms with Crippen molar-refractivity contribution in [3.05, 3.63) is 34.9 Å². The topological polar surface area (TPSA) is 131 Å². The lowest BCUT2D eigenvalue weighted by Gasteiger charge is -2.37. The minimum Gasteiger partial charge on any atom is -0.444 e. The summed E-state index contributed by atoms with van der Waals surface area (Å²) in [7, 11) is 0. The Morgan fingerprint density at radius 1 is 0.951 bits per heavy atom. The van der Waals surface area contributed by atoms with Crippen LogP contribution >= 0.6 is 0 Å². The summed E-state index contributed by atoms with van der Waals surface area (Å²) in [5.74, 6) is -1.36. The molecule has 0 fully saturated rings. The summed E-state index contributed by atoms with van der Waals surface area (Å²) >= 11 is 0. The summed E-state index contributed by atoms with van der Waals surface area (Å²) in [5.41, 5.74) is 6.73. The van der Waals surface area contributed by atoms with E-state index >= 15 is 0 Å². The van der Waals surface area contributed by atoms with E-state index in [9.17, 15) is 19.2 Å². The highest BCUT2D eigenvalue weighted by molar-refractivity contribution is 5.93. The number of nitrogens with one attached hydrogen (secondary N) is 2. The SMILES string of the molecule is CCCCCCCCN(C(=O)C(CCC(N)=O)NC(=O)OC(C)(C)C)C(C(=O)NC(C)(C)C)c1cccc(C)c1C. The van der Waals surface area contributed by atoms with Crippen LogP contribution in [-0.2, 0) is 19.1 Å². The molecular formula is C32H54N4O5. The summed E-state index contributed by atoms with van der Waals surface area (Å²) in [6.45, 7) is 17.2. The van der Waals surface area contributed by atoms with Gasteiger partial charge in [0.25, 0.3) is 0 Å². The average molecular weight is 575 g/mol. The first-order chi connectivity index (χ1) is 19.0. The van der Waals surface area contributed by atoms with E-state index in [1.807, 2.05) is 52.8 Å². The van der Waals surface area contributed by atoms with Crippen LogP contribution in [0.3, 0.4) is 0 Å². The molecule has 4 N–H and O–H groups in total. The third-order valence-corrected chi connectivity index (χ3v) is 6.70. The number of nitrogens with zero attached hydrogens (tertiary/aromatic N) is 1. The largest absolute Gasteiger partial charge is 0.444 e. The van der Waals surface area contributed by atoms with E-state index in [1.54, 1.807) is 25.7 Å². The van der Waals surface area contributed by atoms with Crippen LogP contribution in [0, 0.1) is 13.8 Å². The molecule has 41 heavy (non-hydrogen) atoms. The minimum absolute atomic E-state index is 0.0131. The zero-order chi connectivity index (χ0) is 31.4. The molecule has 2 atom stereocenters. The standard InChI is InChI=1S/C32H54N4O5/c1-10-11-12-13-14-15-21-36(29(39)25(19-20-26(33)37)34-30(40)41-32(7,8)9)27(28(38)35-31(4,5)6)24-18-16-17-22(2)23(24)3/h16-18,25,27H,10-15,19-21H2,1-9H3,(H2,33,37)(H,34,40)(H,35,38). The van der Waals surface area contributed by atoms with Gasteiger partial charge in [-0.05, 0) is 84.9 Å². The molecule has 0 radical (unpaired) electrons. The van der Waals surface area contributed by atoms with Crippen molar-refractivity contribution in [1.82, 2.24) is 15.5 Å². The lowest BCUT2D eigenvalue weighted by molar-refractivity contribution is -0.143. The zero-order valence-corrected chi connectivity index (χ0v) is 26.8. The van der Waals surface area contributed by atoms with Crippen LogP contribution in [0.5, 0.6) is 0 Å². The molecule has 0 bridgehead atoms. The Morgan fingerprint density at radius 2 is 1.56 bits per heavy atom. The monoisotopic (exact) mass is 574 g/mol. The number of hydrogen-bond donors (Lipinski definition) is 3. The maximum atomic E-state index is 14.3. The van der Waals surface area contributed by atoms with Crippen LogP contribution in [0.15, 0.2) is 18.2 Å². The van der Waals surface area contributed by atoms with Gasteiger partial charge in [-0.2, -0.15) is 0 Å². The Bertz CT molecular complexity index is 1030. The van der Waals surface area contributed by atoms with Gasteiger partial charge < -0.3 is 26.0 Å². The van der Waals surface area contributed by atoms with E-state index in [0.717, 1.165) is 48.8 Å². The van der Waals surface area contributed by atoms with Gasteiger partial charge in [-0.3, -0.25) is 14.4 Å². The van der Waals surface area contributed by atoms with Gasteiger partial charge in [0.15, 0.2) is 0 Å². The second-order valence-corrected chi connectivity index (χ2v) is 12.9. The molecule has 0 saturated heterocycles. The van der Waals surface area contributed by atoms with Gasteiger partial charge in [-0.25, -0.2) is 4.79 Å². The summed E-state index contributed by atoms with van der Waals surface area (Å²) in [4.78, 5) is 54.3. The zero-order valence-electron chi connectivity index (χ0n) is 26.8. The molecule has 2 unspecified atom stereocenters. The van der Waals surface area contributed by atoms with Crippen molar-refractivity contribution < 1.29 is 23.9 Å². The number of aryl methyl sites for hydroxylation is 1. The molecule has 4 amide bonds. The van der Waals surface area contributed by atoms with Crippen LogP contribution in [0.1, 0.15) is 123 Å². The van der Waals surface area contributed by atoms with E-state index < -0.39 is 41.1 Å². The Hall–Kier alpha value is -3.10. The van der Waals surface area contributed by atoms with E-state index in [2.05, 4.69) is 17.6 Å². The molecule has 0 aliphatic heterocycles. The number of nitrogens with two attached hydrogens (primary N) is 1. The summed E-state index contributed by atoms with van der Waals surface area (Å²) in [5, 5.41) is 5.72. The van der Waals surface area contributed by atoms with Crippen molar-refractivity contribution in [3.63, 3.8) is 0 Å². The number of hydrogen-bond acceptors (Lipinski definition) is 5. The van der Waals surface area contributed by atoms with Crippen molar-refractivity contribution in [3.8, 4) is 0 Å². The van der Waals surface area contributed by atoms with Crippen LogP contribution in [0.4, 0.5) is 4.79 Å². The maximum absolute atomic E-state index is 14.3. The molecule has 9 heteroatoms. The molecule has 1 rings (SSSR count). The average Bonchev–Trinajstić information content (AvgIpc) is 2.82. The summed E-state index contributed by atoms with van der Waals surface area (Å²) in [6, 6.07) is 3.68. The van der Waals surface area contributed by atoms with Gasteiger partial charge in [0.2, 0.25) is 17.7 Å². The van der Waals surface area contributed by atoms with Gasteiger partial charge in [-0.15, -0.1) is 0 Å². The third-order valence-electron chi connectivity index (χ3n) is 6.70. The molecular weight excluding hydrogens is 520 g/mol. The predicted octanol–water partition coefficient (Wildman–Crippen LogP) is 5.61. The van der Waals surface area contributed by atoms with Crippen LogP contribution in [0.25, 0.3) is 0 Å². The molecule has 0 heterocycles. The third kappa shape index (κ3) is 13.4. The second-order valence-electron chi connectivity index (χ2n) is 12.9. The quantitative estimate of drug-likeness (QED) is 0.235. The highest BCUT2D eigenvalue weighted by Crippen LogP contribution is 2.29. The van der Waals surface area contributed by atoms with Crippen molar-refractivity contribution in [2.45, 2.75) is 137 Å². The number of alkyl carbamates (subject to hydrolysis) is 1. The summed E-state index contributed by atoms with van der Waals surface area (Å²) in [6.07, 6.45) is 5.10. The first-order valence-corrected chi connectivity index (χ1v) is 14.9. The first kappa shape index (κ1) is 35.9. The van der Waals surface area contributed by atoms with Crippen molar-refractivity contribution in [2.75, 3.05) is 6.54 Å². The number of carbonyl (C=O) groups excluding carboxylic acids is 4. The number of carbonyl (C=O) groups is 4. The molecule has 0 aliphatic carbocycles. The van der Waals surface area contributed by atoms with Crippen molar-refractivity contribution in [1.29, 1.82) is 0 Å². The van der Waals surface area contributed by atoms with Crippen molar-refractivity contribution in [2.24, 2.45) is 5.73 Å². The molecule has 232 valence electrons. The van der Waals surface area contributed by atoms with Crippen LogP contribution < -0.4 is 16.4 Å². The smallest absolute Gasteiger partial charge is 0.408 e. The van der Waals surface area contributed by atoms with Gasteiger partial charge >= 0.3 is 6.09 Å². The Labute approximate surface area is 247 Å². The Balaban J connectivity index is 3.59. The minimum atomic E-state index is -1.10. The predicted molar refractivity (Wildman–Crippen MR) is 163 cm³/mol. The van der Waals surface area contributed by atoms with Gasteiger partial charge in [0.05, 0.1) is 0 Å². The van der Waals surface area contributed by atoms with Crippen LogP contribution in [0.2, 0.25) is 0 Å². The molecule has 0 spiro atoms. The normalized spacial score (nSPS) is 13.2.